The molecule has 0 saturated carbocycles. The lowest BCUT2D eigenvalue weighted by molar-refractivity contribution is -0.538. The first-order valence-corrected chi connectivity index (χ1v) is 8.47. The van der Waals surface area contributed by atoms with Gasteiger partial charge in [0, 0.05) is 24.3 Å². The van der Waals surface area contributed by atoms with Crippen molar-refractivity contribution < 1.29 is 4.57 Å². The van der Waals surface area contributed by atoms with Crippen LogP contribution in [0.2, 0.25) is 10.0 Å². The Hall–Kier alpha value is -2.16. The van der Waals surface area contributed by atoms with Crippen LogP contribution >= 0.6 is 23.2 Å². The van der Waals surface area contributed by atoms with E-state index in [1.165, 1.54) is 0 Å². The minimum absolute atomic E-state index is 0.728. The molecule has 0 bridgehead atoms. The summed E-state index contributed by atoms with van der Waals surface area (Å²) in [5, 5.41) is 1.46. The molecule has 118 valence electrons. The quantitative estimate of drug-likeness (QED) is 0.322. The van der Waals surface area contributed by atoms with Crippen molar-refractivity contribution in [2.24, 2.45) is 0 Å². The van der Waals surface area contributed by atoms with Gasteiger partial charge in [-0.2, -0.15) is 0 Å². The van der Waals surface area contributed by atoms with Crippen LogP contribution in [0.5, 0.6) is 0 Å². The molecule has 0 saturated heterocycles. The van der Waals surface area contributed by atoms with Gasteiger partial charge in [-0.05, 0) is 37.1 Å². The highest BCUT2D eigenvalue weighted by molar-refractivity contribution is 6.32. The molecule has 0 radical (unpaired) electrons. The van der Waals surface area contributed by atoms with Crippen molar-refractivity contribution in [2.45, 2.75) is 13.8 Å². The third-order valence-corrected chi connectivity index (χ3v) is 5.06. The molecule has 3 aromatic carbocycles. The average molecular weight is 354 g/mol. The second-order valence-electron chi connectivity index (χ2n) is 5.96. The van der Waals surface area contributed by atoms with Gasteiger partial charge in [0.25, 0.3) is 0 Å². The van der Waals surface area contributed by atoms with Gasteiger partial charge in [0.05, 0.1) is 10.0 Å². The Morgan fingerprint density at radius 3 is 1.75 bits per heavy atom. The lowest BCUT2D eigenvalue weighted by Gasteiger charge is -2.08. The van der Waals surface area contributed by atoms with Crippen molar-refractivity contribution in [2.75, 3.05) is 0 Å². The van der Waals surface area contributed by atoms with Gasteiger partial charge in [0.1, 0.15) is 11.0 Å². The zero-order valence-electron chi connectivity index (χ0n) is 13.3. The third-order valence-electron chi connectivity index (χ3n) is 4.25. The van der Waals surface area contributed by atoms with Crippen LogP contribution in [0, 0.1) is 13.8 Å². The zero-order chi connectivity index (χ0) is 16.8. The summed E-state index contributed by atoms with van der Waals surface area (Å²) in [4.78, 5) is 4.83. The second-order valence-corrected chi connectivity index (χ2v) is 6.78. The summed E-state index contributed by atoms with van der Waals surface area (Å²) < 4.78 is 2.16. The van der Waals surface area contributed by atoms with Gasteiger partial charge in [0.2, 0.25) is 16.7 Å². The fraction of sp³-hybridized carbons (Fsp3) is 0.100. The second kappa shape index (κ2) is 5.73. The first-order valence-electron chi connectivity index (χ1n) is 7.72. The molecule has 0 amide bonds. The van der Waals surface area contributed by atoms with E-state index < -0.39 is 0 Å². The maximum atomic E-state index is 6.39. The molecule has 0 unspecified atom stereocenters. The summed E-state index contributed by atoms with van der Waals surface area (Å²) in [6, 6.07) is 18.2. The van der Waals surface area contributed by atoms with Crippen LogP contribution in [0.4, 0.5) is 0 Å². The van der Waals surface area contributed by atoms with Crippen LogP contribution in [0.25, 0.3) is 27.8 Å². The Kier molecular flexibility index (Phi) is 3.67. The molecule has 1 heterocycles. The molecule has 0 fully saturated rings. The molecule has 0 aliphatic rings. The van der Waals surface area contributed by atoms with Gasteiger partial charge in [-0.3, -0.25) is 0 Å². The van der Waals surface area contributed by atoms with Gasteiger partial charge in [-0.1, -0.05) is 41.4 Å². The van der Waals surface area contributed by atoms with Crippen LogP contribution in [0.3, 0.4) is 0 Å². The van der Waals surface area contributed by atoms with E-state index in [2.05, 4.69) is 16.7 Å². The maximum Gasteiger partial charge on any atom is 0.239 e. The third kappa shape index (κ3) is 2.43. The molecule has 0 aliphatic heterocycles. The predicted octanol–water partition coefficient (Wildman–Crippen LogP) is 5.59. The minimum Gasteiger partial charge on any atom is -0.235 e. The summed E-state index contributed by atoms with van der Waals surface area (Å²) in [7, 11) is 0. The molecule has 4 heteroatoms. The number of fused-ring (bicyclic) bond motifs is 2. The lowest BCUT2D eigenvalue weighted by atomic mass is 10.1. The lowest BCUT2D eigenvalue weighted by Crippen LogP contribution is -2.33. The number of rotatable bonds is 1. The van der Waals surface area contributed by atoms with Crippen LogP contribution in [-0.4, -0.2) is 4.98 Å². The average Bonchev–Trinajstić information content (AvgIpc) is 2.57. The fourth-order valence-electron chi connectivity index (χ4n) is 2.96. The number of nitrogens with zero attached hydrogens (tertiary/aromatic N) is 2. The van der Waals surface area contributed by atoms with Crippen molar-refractivity contribution >= 4 is 45.3 Å². The first kappa shape index (κ1) is 15.4. The van der Waals surface area contributed by atoms with Crippen LogP contribution in [0.15, 0.2) is 54.6 Å². The molecular weight excluding hydrogens is 339 g/mol. The number of benzene rings is 3. The number of aryl methyl sites for hydroxylation is 2. The summed E-state index contributed by atoms with van der Waals surface area (Å²) >= 11 is 12.8. The smallest absolute Gasteiger partial charge is 0.235 e. The molecule has 4 aromatic rings. The van der Waals surface area contributed by atoms with Crippen LogP contribution < -0.4 is 4.57 Å². The van der Waals surface area contributed by atoms with Crippen LogP contribution in [0.1, 0.15) is 11.1 Å². The summed E-state index contributed by atoms with van der Waals surface area (Å²) in [6.07, 6.45) is 0. The van der Waals surface area contributed by atoms with E-state index in [0.717, 1.165) is 48.9 Å². The first-order chi connectivity index (χ1) is 11.5. The van der Waals surface area contributed by atoms with Crippen molar-refractivity contribution in [3.05, 3.63) is 75.8 Å². The Morgan fingerprint density at radius 1 is 0.750 bits per heavy atom. The van der Waals surface area contributed by atoms with Crippen LogP contribution in [-0.2, 0) is 0 Å². The Labute approximate surface area is 150 Å². The van der Waals surface area contributed by atoms with E-state index in [-0.39, 0.29) is 0 Å². The molecule has 2 nitrogen and oxygen atoms in total. The summed E-state index contributed by atoms with van der Waals surface area (Å²) in [5.74, 6) is 0. The molecule has 24 heavy (non-hydrogen) atoms. The normalized spacial score (nSPS) is 11.3. The van der Waals surface area contributed by atoms with E-state index in [1.54, 1.807) is 0 Å². The maximum absolute atomic E-state index is 6.39. The molecule has 0 atom stereocenters. The van der Waals surface area contributed by atoms with E-state index in [1.807, 2.05) is 56.3 Å². The number of aromatic nitrogens is 2. The molecule has 0 spiro atoms. The monoisotopic (exact) mass is 353 g/mol. The minimum atomic E-state index is 0.728. The predicted molar refractivity (Wildman–Crippen MR) is 100 cm³/mol. The van der Waals surface area contributed by atoms with E-state index in [0.29, 0.717) is 0 Å². The van der Waals surface area contributed by atoms with Crippen molar-refractivity contribution in [1.29, 1.82) is 0 Å². The molecule has 0 N–H and O–H groups in total. The molecule has 4 rings (SSSR count). The van der Waals surface area contributed by atoms with Crippen molar-refractivity contribution in [3.63, 3.8) is 0 Å². The Bertz CT molecular complexity index is 1020. The SMILES string of the molecule is Cc1cc2nc3cc(C)c(Cl)cc3[n+](-c3ccccc3)c2cc1Cl. The Morgan fingerprint density at radius 2 is 1.25 bits per heavy atom. The zero-order valence-corrected chi connectivity index (χ0v) is 14.9. The van der Waals surface area contributed by atoms with Crippen molar-refractivity contribution in [3.8, 4) is 5.69 Å². The largest absolute Gasteiger partial charge is 0.239 e. The standard InChI is InChI=1S/C20H15Cl2N2/c1-12-8-17-19(10-15(12)21)24(14-6-4-3-5-7-14)20-11-16(22)13(2)9-18(20)23-17/h3-11H,1-2H3/q+1. The number of hydrogen-bond donors (Lipinski definition) is 0. The van der Waals surface area contributed by atoms with Gasteiger partial charge in [-0.25, -0.2) is 4.98 Å². The van der Waals surface area contributed by atoms with Gasteiger partial charge in [-0.15, -0.1) is 4.57 Å². The topological polar surface area (TPSA) is 16.8 Å². The van der Waals surface area contributed by atoms with Gasteiger partial charge >= 0.3 is 0 Å². The van der Waals surface area contributed by atoms with Gasteiger partial charge in [0.15, 0.2) is 0 Å². The number of para-hydroxylation sites is 1. The van der Waals surface area contributed by atoms with E-state index >= 15 is 0 Å². The van der Waals surface area contributed by atoms with E-state index in [9.17, 15) is 0 Å². The molecule has 1 aromatic heterocycles. The van der Waals surface area contributed by atoms with E-state index in [4.69, 9.17) is 28.2 Å². The molecule has 0 aliphatic carbocycles. The number of hydrogen-bond acceptors (Lipinski definition) is 1. The fourth-order valence-corrected chi connectivity index (χ4v) is 3.28. The Balaban J connectivity index is 2.25. The highest BCUT2D eigenvalue weighted by Crippen LogP contribution is 2.26. The number of halogens is 2. The summed E-state index contributed by atoms with van der Waals surface area (Å²) in [6.45, 7) is 3.99. The van der Waals surface area contributed by atoms with Crippen molar-refractivity contribution in [1.82, 2.24) is 4.98 Å². The molecular formula is C20H15Cl2N2+. The highest BCUT2D eigenvalue weighted by Gasteiger charge is 2.21. The highest BCUT2D eigenvalue weighted by atomic mass is 35.5. The van der Waals surface area contributed by atoms with Gasteiger partial charge < -0.3 is 0 Å². The summed E-state index contributed by atoms with van der Waals surface area (Å²) in [5.41, 5.74) is 6.83.